The van der Waals surface area contributed by atoms with Crippen LogP contribution in [0.3, 0.4) is 0 Å². The standard InChI is InChI=1S/C23H20N4O2S2/c1-3-20(28)24-17-5-4-6-18(13-17)29-22-21-19(11-12-31-21)26-23(27-22)25-16-9-7-15(8-10-16)14-30-2/h3-13H,1,14H2,2H3,(H,24,28)(H,25,26,27). The zero-order valence-corrected chi connectivity index (χ0v) is 18.4. The number of amides is 1. The molecule has 0 saturated carbocycles. The largest absolute Gasteiger partial charge is 0.437 e. The molecule has 4 rings (SSSR count). The summed E-state index contributed by atoms with van der Waals surface area (Å²) in [5, 5.41) is 7.93. The maximum atomic E-state index is 11.6. The minimum atomic E-state index is -0.283. The lowest BCUT2D eigenvalue weighted by atomic mass is 10.2. The van der Waals surface area contributed by atoms with E-state index in [0.717, 1.165) is 21.7 Å². The van der Waals surface area contributed by atoms with Gasteiger partial charge in [0.15, 0.2) is 0 Å². The number of hydrogen-bond acceptors (Lipinski definition) is 7. The molecule has 0 bridgehead atoms. The Morgan fingerprint density at radius 2 is 2.00 bits per heavy atom. The SMILES string of the molecule is C=CC(=O)Nc1cccc(Oc2nc(Nc3ccc(CSC)cc3)nc3ccsc23)c1. The number of thioether (sulfide) groups is 1. The van der Waals surface area contributed by atoms with Gasteiger partial charge >= 0.3 is 0 Å². The second-order valence-electron chi connectivity index (χ2n) is 6.57. The molecule has 156 valence electrons. The fourth-order valence-corrected chi connectivity index (χ4v) is 4.17. The molecule has 2 heterocycles. The van der Waals surface area contributed by atoms with E-state index in [-0.39, 0.29) is 5.91 Å². The highest BCUT2D eigenvalue weighted by Gasteiger charge is 2.12. The Morgan fingerprint density at radius 1 is 1.16 bits per heavy atom. The van der Waals surface area contributed by atoms with Crippen LogP contribution in [0.2, 0.25) is 0 Å². The molecule has 0 atom stereocenters. The summed E-state index contributed by atoms with van der Waals surface area (Å²) in [6.07, 6.45) is 3.30. The molecule has 31 heavy (non-hydrogen) atoms. The van der Waals surface area contributed by atoms with Crippen molar-refractivity contribution in [2.45, 2.75) is 5.75 Å². The summed E-state index contributed by atoms with van der Waals surface area (Å²) in [7, 11) is 0. The second kappa shape index (κ2) is 9.63. The topological polar surface area (TPSA) is 76.1 Å². The Hall–Kier alpha value is -3.36. The van der Waals surface area contributed by atoms with Gasteiger partial charge in [0.25, 0.3) is 0 Å². The molecule has 0 spiro atoms. The van der Waals surface area contributed by atoms with Gasteiger partial charge in [-0.25, -0.2) is 4.98 Å². The minimum absolute atomic E-state index is 0.283. The van der Waals surface area contributed by atoms with Crippen LogP contribution >= 0.6 is 23.1 Å². The number of benzene rings is 2. The predicted molar refractivity (Wildman–Crippen MR) is 130 cm³/mol. The summed E-state index contributed by atoms with van der Waals surface area (Å²) in [5.41, 5.74) is 3.58. The number of ether oxygens (including phenoxy) is 1. The lowest BCUT2D eigenvalue weighted by Gasteiger charge is -2.11. The Balaban J connectivity index is 1.59. The normalized spacial score (nSPS) is 10.6. The summed E-state index contributed by atoms with van der Waals surface area (Å²) in [5.74, 6) is 2.16. The third-order valence-electron chi connectivity index (χ3n) is 4.30. The highest BCUT2D eigenvalue weighted by atomic mass is 32.2. The fourth-order valence-electron chi connectivity index (χ4n) is 2.88. The van der Waals surface area contributed by atoms with Crippen LogP contribution < -0.4 is 15.4 Å². The predicted octanol–water partition coefficient (Wildman–Crippen LogP) is 6.21. The van der Waals surface area contributed by atoms with Crippen LogP contribution in [0.15, 0.2) is 72.6 Å². The zero-order chi connectivity index (χ0) is 21.6. The van der Waals surface area contributed by atoms with Gasteiger partial charge in [-0.1, -0.05) is 24.8 Å². The number of thiophene rings is 1. The van der Waals surface area contributed by atoms with Crippen molar-refractivity contribution in [1.82, 2.24) is 9.97 Å². The molecule has 1 amide bonds. The zero-order valence-electron chi connectivity index (χ0n) is 16.8. The summed E-state index contributed by atoms with van der Waals surface area (Å²) in [6, 6.07) is 17.3. The molecular weight excluding hydrogens is 428 g/mol. The van der Waals surface area contributed by atoms with Crippen molar-refractivity contribution in [3.8, 4) is 11.6 Å². The van der Waals surface area contributed by atoms with Gasteiger partial charge in [0.1, 0.15) is 10.4 Å². The average Bonchev–Trinajstić information content (AvgIpc) is 3.24. The monoisotopic (exact) mass is 448 g/mol. The van der Waals surface area contributed by atoms with Gasteiger partial charge in [-0.3, -0.25) is 4.79 Å². The molecule has 2 aromatic heterocycles. The highest BCUT2D eigenvalue weighted by Crippen LogP contribution is 2.33. The number of rotatable bonds is 8. The Bertz CT molecular complexity index is 1220. The van der Waals surface area contributed by atoms with Gasteiger partial charge in [-0.2, -0.15) is 16.7 Å². The highest BCUT2D eigenvalue weighted by molar-refractivity contribution is 7.97. The fraction of sp³-hybridized carbons (Fsp3) is 0.0870. The van der Waals surface area contributed by atoms with Gasteiger partial charge in [0, 0.05) is 23.2 Å². The first-order chi connectivity index (χ1) is 15.1. The molecule has 4 aromatic rings. The smallest absolute Gasteiger partial charge is 0.247 e. The van der Waals surface area contributed by atoms with Crippen LogP contribution in [0.1, 0.15) is 5.56 Å². The number of fused-ring (bicyclic) bond motifs is 1. The van der Waals surface area contributed by atoms with Crippen LogP contribution in [-0.2, 0) is 10.5 Å². The summed E-state index contributed by atoms with van der Waals surface area (Å²) in [6.45, 7) is 3.47. The summed E-state index contributed by atoms with van der Waals surface area (Å²) >= 11 is 3.30. The van der Waals surface area contributed by atoms with Crippen LogP contribution in [0.5, 0.6) is 11.6 Å². The molecule has 6 nitrogen and oxygen atoms in total. The molecule has 8 heteroatoms. The van der Waals surface area contributed by atoms with E-state index in [1.165, 1.54) is 23.0 Å². The number of aromatic nitrogens is 2. The number of nitrogens with zero attached hydrogens (tertiary/aromatic N) is 2. The number of hydrogen-bond donors (Lipinski definition) is 2. The number of nitrogens with one attached hydrogen (secondary N) is 2. The molecule has 2 aromatic carbocycles. The van der Waals surface area contributed by atoms with Gasteiger partial charge in [0.2, 0.25) is 17.7 Å². The van der Waals surface area contributed by atoms with E-state index in [4.69, 9.17) is 4.74 Å². The molecule has 0 aliphatic rings. The first kappa shape index (κ1) is 20.9. The molecule has 0 unspecified atom stereocenters. The van der Waals surface area contributed by atoms with Crippen LogP contribution in [-0.4, -0.2) is 22.1 Å². The molecule has 0 aliphatic carbocycles. The molecule has 0 saturated heterocycles. The van der Waals surface area contributed by atoms with Gasteiger partial charge < -0.3 is 15.4 Å². The minimum Gasteiger partial charge on any atom is -0.437 e. The van der Waals surface area contributed by atoms with E-state index in [0.29, 0.717) is 23.3 Å². The van der Waals surface area contributed by atoms with Crippen LogP contribution in [0, 0.1) is 0 Å². The Kier molecular flexibility index (Phi) is 6.49. The lowest BCUT2D eigenvalue weighted by Crippen LogP contribution is -2.07. The number of carbonyl (C=O) groups is 1. The maximum Gasteiger partial charge on any atom is 0.247 e. The van der Waals surface area contributed by atoms with Crippen molar-refractivity contribution in [1.29, 1.82) is 0 Å². The van der Waals surface area contributed by atoms with Crippen molar-refractivity contribution in [2.24, 2.45) is 0 Å². The van der Waals surface area contributed by atoms with Gasteiger partial charge in [-0.05, 0) is 53.6 Å². The van der Waals surface area contributed by atoms with Crippen molar-refractivity contribution >= 4 is 56.5 Å². The van der Waals surface area contributed by atoms with Gasteiger partial charge in [-0.15, -0.1) is 11.3 Å². The first-order valence-corrected chi connectivity index (χ1v) is 11.7. The lowest BCUT2D eigenvalue weighted by molar-refractivity contribution is -0.111. The molecule has 0 fully saturated rings. The van der Waals surface area contributed by atoms with E-state index < -0.39 is 0 Å². The van der Waals surface area contributed by atoms with E-state index >= 15 is 0 Å². The van der Waals surface area contributed by atoms with Crippen molar-refractivity contribution in [3.05, 3.63) is 78.2 Å². The summed E-state index contributed by atoms with van der Waals surface area (Å²) in [4.78, 5) is 20.8. The van der Waals surface area contributed by atoms with Crippen molar-refractivity contribution < 1.29 is 9.53 Å². The van der Waals surface area contributed by atoms with E-state index in [1.54, 1.807) is 30.0 Å². The Labute approximate surface area is 188 Å². The van der Waals surface area contributed by atoms with E-state index in [1.807, 2.05) is 29.6 Å². The van der Waals surface area contributed by atoms with Gasteiger partial charge in [0.05, 0.1) is 5.52 Å². The van der Waals surface area contributed by atoms with Crippen LogP contribution in [0.4, 0.5) is 17.3 Å². The second-order valence-corrected chi connectivity index (χ2v) is 8.35. The molecule has 0 radical (unpaired) electrons. The van der Waals surface area contributed by atoms with Crippen LogP contribution in [0.25, 0.3) is 10.2 Å². The third kappa shape index (κ3) is 5.22. The number of carbonyl (C=O) groups excluding carboxylic acids is 1. The molecule has 2 N–H and O–H groups in total. The van der Waals surface area contributed by atoms with Crippen molar-refractivity contribution in [2.75, 3.05) is 16.9 Å². The van der Waals surface area contributed by atoms with E-state index in [9.17, 15) is 4.79 Å². The third-order valence-corrected chi connectivity index (χ3v) is 5.81. The molecular formula is C23H20N4O2S2. The maximum absolute atomic E-state index is 11.6. The van der Waals surface area contributed by atoms with Crippen molar-refractivity contribution in [3.63, 3.8) is 0 Å². The quantitative estimate of drug-likeness (QED) is 0.312. The number of anilines is 3. The summed E-state index contributed by atoms with van der Waals surface area (Å²) < 4.78 is 6.92. The Morgan fingerprint density at radius 3 is 2.77 bits per heavy atom. The molecule has 0 aliphatic heterocycles. The first-order valence-electron chi connectivity index (χ1n) is 9.46. The van der Waals surface area contributed by atoms with E-state index in [2.05, 4.69) is 45.6 Å². The average molecular weight is 449 g/mol.